The summed E-state index contributed by atoms with van der Waals surface area (Å²) >= 11 is 5.83. The van der Waals surface area contributed by atoms with Crippen molar-refractivity contribution in [1.29, 1.82) is 0 Å². The summed E-state index contributed by atoms with van der Waals surface area (Å²) in [5, 5.41) is 31.5. The molecule has 3 aromatic rings. The van der Waals surface area contributed by atoms with Crippen LogP contribution in [0.2, 0.25) is 5.02 Å². The number of aliphatic hydroxyl groups is 3. The van der Waals surface area contributed by atoms with Crippen molar-refractivity contribution in [3.63, 3.8) is 0 Å². The summed E-state index contributed by atoms with van der Waals surface area (Å²) in [4.78, 5) is 17.9. The van der Waals surface area contributed by atoms with Crippen LogP contribution in [0.5, 0.6) is 0 Å². The van der Waals surface area contributed by atoms with E-state index < -0.39 is 42.0 Å². The molecule has 5 atom stereocenters. The number of rotatable bonds is 3. The van der Waals surface area contributed by atoms with Crippen LogP contribution < -0.4 is 5.56 Å². The van der Waals surface area contributed by atoms with Crippen molar-refractivity contribution < 1.29 is 24.4 Å². The fraction of sp³-hybridized carbons (Fsp3) is 0.294. The second-order valence-corrected chi connectivity index (χ2v) is 6.72. The highest BCUT2D eigenvalue weighted by Crippen LogP contribution is 2.37. The number of benzene rings is 1. The minimum Gasteiger partial charge on any atom is -0.387 e. The number of ether oxygens (including phenoxy) is 1. The van der Waals surface area contributed by atoms with Gasteiger partial charge in [-0.05, 0) is 17.7 Å². The van der Waals surface area contributed by atoms with Crippen LogP contribution in [-0.2, 0) is 4.74 Å². The molecule has 1 saturated heterocycles. The maximum atomic E-state index is 14.2. The Kier molecular flexibility index (Phi) is 4.49. The molecule has 1 fully saturated rings. The average molecular weight is 396 g/mol. The number of fused-ring (bicyclic) bond motifs is 1. The molecule has 2 aromatic heterocycles. The van der Waals surface area contributed by atoms with E-state index in [1.807, 2.05) is 0 Å². The van der Waals surface area contributed by atoms with Gasteiger partial charge in [0.1, 0.15) is 35.4 Å². The lowest BCUT2D eigenvalue weighted by Crippen LogP contribution is -2.34. The second kappa shape index (κ2) is 6.70. The molecule has 4 N–H and O–H groups in total. The van der Waals surface area contributed by atoms with E-state index in [0.29, 0.717) is 10.6 Å². The van der Waals surface area contributed by atoms with Crippen molar-refractivity contribution in [2.24, 2.45) is 0 Å². The van der Waals surface area contributed by atoms with Gasteiger partial charge in [0.15, 0.2) is 12.0 Å². The fourth-order valence-corrected chi connectivity index (χ4v) is 3.41. The Morgan fingerprint density at radius 1 is 1.26 bits per heavy atom. The van der Waals surface area contributed by atoms with Gasteiger partial charge >= 0.3 is 0 Å². The van der Waals surface area contributed by atoms with Gasteiger partial charge in [0.05, 0.1) is 6.33 Å². The molecule has 142 valence electrons. The van der Waals surface area contributed by atoms with Crippen molar-refractivity contribution in [3.8, 4) is 0 Å². The summed E-state index contributed by atoms with van der Waals surface area (Å²) in [6.45, 7) is 0. The molecule has 0 amide bonds. The quantitative estimate of drug-likeness (QED) is 0.522. The van der Waals surface area contributed by atoms with Crippen LogP contribution in [0, 0.1) is 5.82 Å². The van der Waals surface area contributed by atoms with Crippen molar-refractivity contribution in [2.75, 3.05) is 0 Å². The predicted octanol–water partition coefficient (Wildman–Crippen LogP) is 0.870. The van der Waals surface area contributed by atoms with Crippen molar-refractivity contribution >= 4 is 22.6 Å². The fourth-order valence-electron chi connectivity index (χ4n) is 3.29. The Bertz CT molecular complexity index is 1040. The normalized spacial score (nSPS) is 26.6. The molecule has 10 heteroatoms. The summed E-state index contributed by atoms with van der Waals surface area (Å²) in [5.74, 6) is -0.841. The first-order valence-electron chi connectivity index (χ1n) is 8.07. The first-order valence-corrected chi connectivity index (χ1v) is 8.45. The molecule has 1 aromatic carbocycles. The van der Waals surface area contributed by atoms with Gasteiger partial charge in [-0.1, -0.05) is 23.7 Å². The third-order valence-corrected chi connectivity index (χ3v) is 4.91. The van der Waals surface area contributed by atoms with Gasteiger partial charge in [-0.3, -0.25) is 4.79 Å². The van der Waals surface area contributed by atoms with E-state index >= 15 is 0 Å². The minimum absolute atomic E-state index is 0.0467. The van der Waals surface area contributed by atoms with Crippen LogP contribution >= 0.6 is 11.6 Å². The highest BCUT2D eigenvalue weighted by atomic mass is 35.5. The number of aromatic nitrogens is 3. The molecule has 8 nitrogen and oxygen atoms in total. The standard InChI is InChI=1S/C17H15ClFN3O5/c18-8-3-1-7(2-4-8)11(23)14-12(24)13(25)17(27-14)22-5-9(19)10-15(22)20-6-21-16(10)26/h1-6,11-14,17,23-25H,(H,20,21,26)/t11-,12+,13-,14?,17-/m1/s1. The van der Waals surface area contributed by atoms with E-state index in [2.05, 4.69) is 9.97 Å². The molecule has 1 unspecified atom stereocenters. The molecule has 4 rings (SSSR count). The molecule has 1 aliphatic heterocycles. The molecule has 0 bridgehead atoms. The summed E-state index contributed by atoms with van der Waals surface area (Å²) in [5.41, 5.74) is -0.298. The molecular formula is C17H15ClFN3O5. The summed E-state index contributed by atoms with van der Waals surface area (Å²) in [6, 6.07) is 6.27. The van der Waals surface area contributed by atoms with Gasteiger partial charge in [-0.25, -0.2) is 4.39 Å². The number of hydrogen-bond donors (Lipinski definition) is 4. The smallest absolute Gasteiger partial charge is 0.285 e. The molecule has 1 aliphatic rings. The van der Waals surface area contributed by atoms with Crippen LogP contribution in [0.25, 0.3) is 11.0 Å². The SMILES string of the molecule is O=c1nc[nH]c2c1c(F)cn2[C@@H]1OC([C@H](O)c2ccc(Cl)cc2)[C@@H](O)[C@H]1O. The Morgan fingerprint density at radius 2 is 1.96 bits per heavy atom. The topological polar surface area (TPSA) is 121 Å². The molecule has 27 heavy (non-hydrogen) atoms. The number of hydrogen-bond acceptors (Lipinski definition) is 6. The van der Waals surface area contributed by atoms with Gasteiger partial charge < -0.3 is 29.6 Å². The molecule has 0 aliphatic carbocycles. The summed E-state index contributed by atoms with van der Waals surface area (Å²) in [7, 11) is 0. The average Bonchev–Trinajstić information content (AvgIpc) is 3.13. The summed E-state index contributed by atoms with van der Waals surface area (Å²) < 4.78 is 21.0. The van der Waals surface area contributed by atoms with Crippen molar-refractivity contribution in [2.45, 2.75) is 30.6 Å². The number of halogens is 2. The third kappa shape index (κ3) is 2.93. The van der Waals surface area contributed by atoms with Crippen molar-refractivity contribution in [3.05, 3.63) is 63.5 Å². The van der Waals surface area contributed by atoms with E-state index in [1.165, 1.54) is 0 Å². The van der Waals surface area contributed by atoms with E-state index in [0.717, 1.165) is 17.1 Å². The van der Waals surface area contributed by atoms with Crippen LogP contribution in [0.1, 0.15) is 17.9 Å². The number of H-pyrrole nitrogens is 1. The number of aliphatic hydroxyl groups excluding tert-OH is 3. The lowest BCUT2D eigenvalue weighted by Gasteiger charge is -2.21. The van der Waals surface area contributed by atoms with Crippen molar-refractivity contribution in [1.82, 2.24) is 14.5 Å². The summed E-state index contributed by atoms with van der Waals surface area (Å²) in [6.07, 6.45) is -4.51. The lowest BCUT2D eigenvalue weighted by molar-refractivity contribution is -0.0849. The lowest BCUT2D eigenvalue weighted by atomic mass is 9.99. The van der Waals surface area contributed by atoms with E-state index in [-0.39, 0.29) is 11.0 Å². The molecular weight excluding hydrogens is 381 g/mol. The molecule has 0 saturated carbocycles. The number of nitrogens with one attached hydrogen (secondary N) is 1. The molecule has 0 radical (unpaired) electrons. The maximum absolute atomic E-state index is 14.2. The van der Waals surface area contributed by atoms with Gasteiger partial charge in [0.25, 0.3) is 5.56 Å². The van der Waals surface area contributed by atoms with Gasteiger partial charge in [-0.2, -0.15) is 4.98 Å². The highest BCUT2D eigenvalue weighted by Gasteiger charge is 2.47. The zero-order chi connectivity index (χ0) is 19.3. The first-order chi connectivity index (χ1) is 12.9. The van der Waals surface area contributed by atoms with Crippen LogP contribution in [-0.4, -0.2) is 48.2 Å². The van der Waals surface area contributed by atoms with Crippen LogP contribution in [0.4, 0.5) is 4.39 Å². The third-order valence-electron chi connectivity index (χ3n) is 4.66. The first kappa shape index (κ1) is 18.1. The highest BCUT2D eigenvalue weighted by molar-refractivity contribution is 6.30. The predicted molar refractivity (Wildman–Crippen MR) is 92.6 cm³/mol. The van der Waals surface area contributed by atoms with E-state index in [4.69, 9.17) is 16.3 Å². The largest absolute Gasteiger partial charge is 0.387 e. The maximum Gasteiger partial charge on any atom is 0.285 e. The Labute approximate surface area is 156 Å². The second-order valence-electron chi connectivity index (χ2n) is 6.28. The zero-order valence-corrected chi connectivity index (χ0v) is 14.4. The number of nitrogens with zero attached hydrogens (tertiary/aromatic N) is 2. The van der Waals surface area contributed by atoms with Gasteiger partial charge in [0, 0.05) is 11.2 Å². The monoisotopic (exact) mass is 395 g/mol. The Balaban J connectivity index is 1.69. The van der Waals surface area contributed by atoms with Gasteiger partial charge in [-0.15, -0.1) is 0 Å². The Hall–Kier alpha value is -2.30. The number of aromatic amines is 1. The van der Waals surface area contributed by atoms with Gasteiger partial charge in [0.2, 0.25) is 0 Å². The van der Waals surface area contributed by atoms with Crippen LogP contribution in [0.3, 0.4) is 0 Å². The minimum atomic E-state index is -1.47. The van der Waals surface area contributed by atoms with E-state index in [1.54, 1.807) is 24.3 Å². The molecule has 0 spiro atoms. The van der Waals surface area contributed by atoms with E-state index in [9.17, 15) is 24.5 Å². The zero-order valence-electron chi connectivity index (χ0n) is 13.7. The molecule has 3 heterocycles. The Morgan fingerprint density at radius 3 is 2.67 bits per heavy atom. The van der Waals surface area contributed by atoms with Crippen LogP contribution in [0.15, 0.2) is 41.6 Å².